The average Bonchev–Trinajstić information content (AvgIpc) is 3.73. The lowest BCUT2D eigenvalue weighted by atomic mass is 9.90. The maximum atomic E-state index is 14.1. The van der Waals surface area contributed by atoms with E-state index in [-0.39, 0.29) is 55.2 Å². The zero-order valence-electron chi connectivity index (χ0n) is 28.5. The molecule has 3 fully saturated rings. The lowest BCUT2D eigenvalue weighted by Crippen LogP contribution is -2.42. The highest BCUT2D eigenvalue weighted by atomic mass is 16.2. The van der Waals surface area contributed by atoms with Gasteiger partial charge in [0.1, 0.15) is 0 Å². The lowest BCUT2D eigenvalue weighted by molar-refractivity contribution is 0.229. The summed E-state index contributed by atoms with van der Waals surface area (Å²) in [5, 5.41) is 0.142. The third kappa shape index (κ3) is 4.43. The fraction of sp³-hybridized carbons (Fsp3) is 0.474. The molecule has 52 heavy (non-hydrogen) atoms. The van der Waals surface area contributed by atoms with Gasteiger partial charge in [-0.2, -0.15) is 0 Å². The molecule has 9 rings (SSSR count). The van der Waals surface area contributed by atoms with Crippen molar-refractivity contribution in [2.75, 3.05) is 0 Å². The predicted octanol–water partition coefficient (Wildman–Crippen LogP) is 1.38. The summed E-state index contributed by atoms with van der Waals surface area (Å²) in [5.74, 6) is 0. The minimum Gasteiger partial charge on any atom is -0.326 e. The number of fused-ring (bicyclic) bond motifs is 4. The monoisotopic (exact) mass is 706 g/mol. The summed E-state index contributed by atoms with van der Waals surface area (Å²) in [4.78, 5) is 111. The molecule has 6 atom stereocenters. The Kier molecular flexibility index (Phi) is 7.39. The van der Waals surface area contributed by atoms with Crippen molar-refractivity contribution in [2.24, 2.45) is 11.5 Å². The summed E-state index contributed by atoms with van der Waals surface area (Å²) in [6, 6.07) is 1.88. The normalized spacial score (nSPS) is 26.0. The molecule has 3 aliphatic carbocycles. The van der Waals surface area contributed by atoms with Crippen LogP contribution in [0.15, 0.2) is 62.6 Å². The highest BCUT2D eigenvalue weighted by Gasteiger charge is 2.36. The fourth-order valence-corrected chi connectivity index (χ4v) is 9.84. The van der Waals surface area contributed by atoms with Crippen LogP contribution < -0.4 is 55.9 Å². The van der Waals surface area contributed by atoms with Crippen molar-refractivity contribution in [3.8, 4) is 0 Å². The molecule has 4 N–H and O–H groups in total. The third-order valence-corrected chi connectivity index (χ3v) is 12.5. The van der Waals surface area contributed by atoms with Gasteiger partial charge in [0.15, 0.2) is 0 Å². The molecule has 0 amide bonds. The minimum atomic E-state index is -0.875. The Hall–Kier alpha value is -5.08. The topological polar surface area (TPSA) is 208 Å². The van der Waals surface area contributed by atoms with Crippen LogP contribution in [0.4, 0.5) is 0 Å². The first-order valence-corrected chi connectivity index (χ1v) is 18.4. The van der Waals surface area contributed by atoms with Gasteiger partial charge in [-0.3, -0.25) is 56.6 Å². The Morgan fingerprint density at radius 2 is 0.519 bits per heavy atom. The molecule has 0 radical (unpaired) electrons. The van der Waals surface area contributed by atoms with Gasteiger partial charge in [-0.25, -0.2) is 0 Å². The number of nitrogens with zero attached hydrogens (tertiary/aromatic N) is 4. The van der Waals surface area contributed by atoms with Crippen molar-refractivity contribution in [3.05, 3.63) is 107 Å². The van der Waals surface area contributed by atoms with Crippen LogP contribution in [0.2, 0.25) is 0 Å². The smallest absolute Gasteiger partial charge is 0.261 e. The standard InChI is InChI=1S/C38H38N6O8/c39-25-7-1-3-9-27(25)41-31(45)17-13-21-22(14-18(17)32(41)46)36(50)43(35(21)49)29-11-5-6-12-30(29)44-37(51)23-15-19-20(16-24(23)38(44)52)34(48)42(33(19)47)28-10-4-2-8-26(28)40/h13-16,25-30H,1-12,39-40H2/t25-,26?,27?,28-,29-,30?/m0/s1. The number of nitrogens with two attached hydrogens (primary N) is 2. The van der Waals surface area contributed by atoms with Gasteiger partial charge in [-0.15, -0.1) is 0 Å². The first-order valence-electron chi connectivity index (χ1n) is 18.4. The van der Waals surface area contributed by atoms with E-state index in [0.717, 1.165) is 34.8 Å². The second kappa shape index (κ2) is 11.7. The SMILES string of the molecule is NC1CCCC[C@@H]1n1c(=O)c2cc3c(=O)n(C4CCCC[C@@H]4n4c(=O)c5cc6c(=O)n(C7CCCC[C@@H]7N)c(=O)c6cc5c4=O)c(=O)c3cc2c1=O. The quantitative estimate of drug-likeness (QED) is 0.269. The van der Waals surface area contributed by atoms with Gasteiger partial charge < -0.3 is 11.5 Å². The second-order valence-corrected chi connectivity index (χ2v) is 15.3. The largest absolute Gasteiger partial charge is 0.326 e. The van der Waals surface area contributed by atoms with Crippen molar-refractivity contribution in [3.63, 3.8) is 0 Å². The van der Waals surface area contributed by atoms with Crippen LogP contribution in [0.5, 0.6) is 0 Å². The molecule has 4 heterocycles. The molecule has 268 valence electrons. The lowest BCUT2D eigenvalue weighted by Gasteiger charge is -2.31. The van der Waals surface area contributed by atoms with E-state index in [1.807, 2.05) is 0 Å². The van der Waals surface area contributed by atoms with Crippen molar-refractivity contribution < 1.29 is 0 Å². The third-order valence-electron chi connectivity index (χ3n) is 12.5. The van der Waals surface area contributed by atoms with E-state index in [0.29, 0.717) is 51.4 Å². The van der Waals surface area contributed by atoms with Crippen molar-refractivity contribution in [1.82, 2.24) is 18.3 Å². The van der Waals surface area contributed by atoms with Crippen molar-refractivity contribution in [1.29, 1.82) is 0 Å². The molecule has 3 saturated carbocycles. The van der Waals surface area contributed by atoms with Gasteiger partial charge in [0.05, 0.1) is 67.3 Å². The Morgan fingerprint density at radius 1 is 0.327 bits per heavy atom. The molecule has 14 nitrogen and oxygen atoms in total. The first-order chi connectivity index (χ1) is 25.0. The van der Waals surface area contributed by atoms with Crippen molar-refractivity contribution in [2.45, 2.75) is 113 Å². The van der Waals surface area contributed by atoms with Crippen LogP contribution in [-0.4, -0.2) is 30.4 Å². The summed E-state index contributed by atoms with van der Waals surface area (Å²) >= 11 is 0. The van der Waals surface area contributed by atoms with E-state index in [1.54, 1.807) is 0 Å². The number of aromatic nitrogens is 4. The minimum absolute atomic E-state index is 0.0120. The van der Waals surface area contributed by atoms with E-state index in [1.165, 1.54) is 33.4 Å². The van der Waals surface area contributed by atoms with Crippen molar-refractivity contribution >= 4 is 43.1 Å². The Morgan fingerprint density at radius 3 is 0.750 bits per heavy atom. The molecule has 3 aliphatic rings. The van der Waals surface area contributed by atoms with Gasteiger partial charge in [0.2, 0.25) is 0 Å². The van der Waals surface area contributed by atoms with E-state index >= 15 is 0 Å². The summed E-state index contributed by atoms with van der Waals surface area (Å²) in [6.45, 7) is 0. The van der Waals surface area contributed by atoms with Crippen LogP contribution in [0.3, 0.4) is 0 Å². The van der Waals surface area contributed by atoms with E-state index < -0.39 is 68.6 Å². The maximum absolute atomic E-state index is 14.1. The first kappa shape index (κ1) is 32.8. The number of benzene rings is 2. The molecule has 4 aromatic heterocycles. The molecular weight excluding hydrogens is 668 g/mol. The van der Waals surface area contributed by atoms with Crippen LogP contribution in [0, 0.1) is 0 Å². The number of hydrogen-bond donors (Lipinski definition) is 2. The summed E-state index contributed by atoms with van der Waals surface area (Å²) in [7, 11) is 0. The van der Waals surface area contributed by atoms with Crippen LogP contribution in [-0.2, 0) is 0 Å². The molecule has 2 aromatic carbocycles. The van der Waals surface area contributed by atoms with E-state index in [4.69, 9.17) is 11.5 Å². The van der Waals surface area contributed by atoms with Gasteiger partial charge in [-0.05, 0) is 62.8 Å². The zero-order valence-corrected chi connectivity index (χ0v) is 28.5. The van der Waals surface area contributed by atoms with Crippen LogP contribution >= 0.6 is 0 Å². The molecule has 0 aliphatic heterocycles. The van der Waals surface area contributed by atoms with Gasteiger partial charge in [0, 0.05) is 12.1 Å². The Balaban J connectivity index is 1.17. The summed E-state index contributed by atoms with van der Waals surface area (Å²) in [6.07, 6.45) is 7.90. The molecular formula is C38H38N6O8. The molecule has 0 spiro atoms. The van der Waals surface area contributed by atoms with Gasteiger partial charge in [0.25, 0.3) is 44.5 Å². The molecule has 14 heteroatoms. The van der Waals surface area contributed by atoms with Crippen LogP contribution in [0.1, 0.15) is 101 Å². The maximum Gasteiger partial charge on any atom is 0.261 e. The molecule has 6 aromatic rings. The fourth-order valence-electron chi connectivity index (χ4n) is 9.84. The van der Waals surface area contributed by atoms with E-state index in [2.05, 4.69) is 0 Å². The molecule has 0 saturated heterocycles. The van der Waals surface area contributed by atoms with Gasteiger partial charge >= 0.3 is 0 Å². The highest BCUT2D eigenvalue weighted by Crippen LogP contribution is 2.36. The highest BCUT2D eigenvalue weighted by molar-refractivity contribution is 5.99. The predicted molar refractivity (Wildman–Crippen MR) is 197 cm³/mol. The summed E-state index contributed by atoms with van der Waals surface area (Å²) < 4.78 is 4.48. The average molecular weight is 707 g/mol. The molecule has 0 bridgehead atoms. The zero-order chi connectivity index (χ0) is 36.3. The Bertz CT molecular complexity index is 2560. The second-order valence-electron chi connectivity index (χ2n) is 15.3. The van der Waals surface area contributed by atoms with Gasteiger partial charge in [-0.1, -0.05) is 38.5 Å². The summed E-state index contributed by atoms with van der Waals surface area (Å²) in [5.41, 5.74) is 7.76. The van der Waals surface area contributed by atoms with E-state index in [9.17, 15) is 38.4 Å². The Labute approximate surface area is 292 Å². The number of hydrogen-bond acceptors (Lipinski definition) is 10. The molecule has 3 unspecified atom stereocenters. The number of rotatable bonds is 4. The van der Waals surface area contributed by atoms with Crippen LogP contribution in [0.25, 0.3) is 43.1 Å².